The molecule has 2 unspecified atom stereocenters. The third-order valence-electron chi connectivity index (χ3n) is 6.63. The summed E-state index contributed by atoms with van der Waals surface area (Å²) in [5.41, 5.74) is 1.06. The van der Waals surface area contributed by atoms with Gasteiger partial charge in [-0.2, -0.15) is 4.98 Å². The number of rotatable bonds is 4. The summed E-state index contributed by atoms with van der Waals surface area (Å²) in [7, 11) is 0. The largest absolute Gasteiger partial charge is 0.486 e. The maximum atomic E-state index is 12.7. The van der Waals surface area contributed by atoms with E-state index in [2.05, 4.69) is 9.88 Å². The lowest BCUT2D eigenvalue weighted by Gasteiger charge is -2.55. The molecule has 10 nitrogen and oxygen atoms in total. The number of ether oxygens (including phenoxy) is 3. The van der Waals surface area contributed by atoms with E-state index in [1.54, 1.807) is 17.5 Å². The van der Waals surface area contributed by atoms with E-state index in [1.165, 1.54) is 0 Å². The summed E-state index contributed by atoms with van der Waals surface area (Å²) in [6.45, 7) is 8.46. The van der Waals surface area contributed by atoms with Crippen LogP contribution in [-0.4, -0.2) is 80.7 Å². The van der Waals surface area contributed by atoms with Gasteiger partial charge in [-0.15, -0.1) is 16.4 Å². The second-order valence-electron chi connectivity index (χ2n) is 10.3. The number of carbonyl (C=O) groups excluding carboxylic acids is 1. The molecule has 35 heavy (non-hydrogen) atoms. The fraction of sp³-hybridized carbons (Fsp3) is 0.583. The molecule has 0 N–H and O–H groups in total. The topological polar surface area (TPSA) is 94.3 Å². The number of carbonyl (C=O) groups is 1. The summed E-state index contributed by atoms with van der Waals surface area (Å²) in [4.78, 5) is 26.1. The lowest BCUT2D eigenvalue weighted by Crippen LogP contribution is -2.70. The first-order chi connectivity index (χ1) is 16.9. The van der Waals surface area contributed by atoms with E-state index < -0.39 is 5.60 Å². The molecule has 7 heterocycles. The highest BCUT2D eigenvalue weighted by Crippen LogP contribution is 2.36. The van der Waals surface area contributed by atoms with Crippen molar-refractivity contribution in [2.75, 3.05) is 31.2 Å². The van der Waals surface area contributed by atoms with Gasteiger partial charge in [-0.1, -0.05) is 0 Å². The molecule has 0 aromatic carbocycles. The number of thiazole rings is 1. The first-order valence-corrected chi connectivity index (χ1v) is 13.0. The molecule has 0 aliphatic carbocycles. The van der Waals surface area contributed by atoms with Gasteiger partial charge in [-0.05, 0) is 39.3 Å². The molecule has 0 saturated carbocycles. The van der Waals surface area contributed by atoms with Gasteiger partial charge in [0.05, 0.1) is 25.3 Å². The first kappa shape index (κ1) is 22.5. The molecule has 7 rings (SSSR count). The second-order valence-corrected chi connectivity index (χ2v) is 11.2. The summed E-state index contributed by atoms with van der Waals surface area (Å²) in [5, 5.41) is 7.72. The van der Waals surface area contributed by atoms with Gasteiger partial charge < -0.3 is 19.1 Å². The fourth-order valence-corrected chi connectivity index (χ4v) is 5.67. The SMILES string of the molecule is CC(C)(C)OC(=O)N1C2CC1CN(c1nc3c(OC4CCOCC4)ccc(-c4nccs4)n3n1)C2. The molecule has 2 bridgehead atoms. The van der Waals surface area contributed by atoms with Gasteiger partial charge in [-0.3, -0.25) is 4.90 Å². The van der Waals surface area contributed by atoms with Crippen molar-refractivity contribution in [3.8, 4) is 16.5 Å². The lowest BCUT2D eigenvalue weighted by molar-refractivity contribution is -0.0381. The Hall–Kier alpha value is -2.92. The lowest BCUT2D eigenvalue weighted by atomic mass is 9.88. The Morgan fingerprint density at radius 3 is 2.63 bits per heavy atom. The van der Waals surface area contributed by atoms with Gasteiger partial charge in [-0.25, -0.2) is 14.3 Å². The number of amides is 1. The molecule has 4 fully saturated rings. The van der Waals surface area contributed by atoms with Crippen LogP contribution in [-0.2, 0) is 9.47 Å². The summed E-state index contributed by atoms with van der Waals surface area (Å²) in [5.74, 6) is 1.36. The summed E-state index contributed by atoms with van der Waals surface area (Å²) in [6.07, 6.45) is 4.35. The summed E-state index contributed by atoms with van der Waals surface area (Å²) >= 11 is 1.56. The minimum absolute atomic E-state index is 0.100. The Balaban J connectivity index is 1.28. The van der Waals surface area contributed by atoms with Crippen LogP contribution in [0.2, 0.25) is 0 Å². The number of aromatic nitrogens is 4. The van der Waals surface area contributed by atoms with Crippen molar-refractivity contribution >= 4 is 29.0 Å². The van der Waals surface area contributed by atoms with Crippen molar-refractivity contribution in [1.29, 1.82) is 0 Å². The van der Waals surface area contributed by atoms with Crippen LogP contribution >= 0.6 is 11.3 Å². The maximum Gasteiger partial charge on any atom is 0.410 e. The van der Waals surface area contributed by atoms with Gasteiger partial charge in [0.15, 0.2) is 11.4 Å². The van der Waals surface area contributed by atoms with E-state index in [9.17, 15) is 4.79 Å². The molecule has 0 spiro atoms. The number of nitrogens with zero attached hydrogens (tertiary/aromatic N) is 6. The molecule has 186 valence electrons. The Bertz CT molecular complexity index is 1200. The molecular weight excluding hydrogens is 468 g/mol. The van der Waals surface area contributed by atoms with Crippen LogP contribution in [0.5, 0.6) is 5.75 Å². The molecule has 4 aliphatic rings. The van der Waals surface area contributed by atoms with Gasteiger partial charge in [0.1, 0.15) is 22.4 Å². The molecular formula is C24H30N6O4S. The standard InChI is InChI=1S/C24H30N6O4S/c1-24(2,3)34-23(31)29-15-12-16(29)14-28(13-15)22-26-20-19(33-17-6-9-32-10-7-17)5-4-18(30(20)27-22)21-25-8-11-35-21/h4-5,8,11,15-17H,6-7,9-10,12-14H2,1-3H3. The molecule has 11 heteroatoms. The molecule has 2 atom stereocenters. The number of piperazine rings is 1. The second kappa shape index (κ2) is 8.63. The predicted octanol–water partition coefficient (Wildman–Crippen LogP) is 3.61. The molecule has 3 aromatic heterocycles. The third kappa shape index (κ3) is 4.31. The van der Waals surface area contributed by atoms with E-state index in [4.69, 9.17) is 24.3 Å². The Labute approximate surface area is 207 Å². The van der Waals surface area contributed by atoms with E-state index >= 15 is 0 Å². The molecule has 3 aromatic rings. The fourth-order valence-electron chi connectivity index (χ4n) is 5.03. The van der Waals surface area contributed by atoms with Crippen LogP contribution in [0.1, 0.15) is 40.0 Å². The molecule has 0 radical (unpaired) electrons. The summed E-state index contributed by atoms with van der Waals surface area (Å²) in [6, 6.07) is 4.17. The van der Waals surface area contributed by atoms with E-state index in [0.29, 0.717) is 43.6 Å². The predicted molar refractivity (Wildman–Crippen MR) is 131 cm³/mol. The van der Waals surface area contributed by atoms with E-state index in [-0.39, 0.29) is 24.3 Å². The van der Waals surface area contributed by atoms with E-state index in [0.717, 1.165) is 30.0 Å². The Kier molecular flexibility index (Phi) is 5.56. The zero-order valence-corrected chi connectivity index (χ0v) is 21.0. The van der Waals surface area contributed by atoms with Crippen molar-refractivity contribution in [3.63, 3.8) is 0 Å². The smallest absolute Gasteiger partial charge is 0.410 e. The van der Waals surface area contributed by atoms with Crippen molar-refractivity contribution in [2.24, 2.45) is 0 Å². The number of fused-ring (bicyclic) bond motifs is 3. The van der Waals surface area contributed by atoms with Gasteiger partial charge in [0.2, 0.25) is 5.95 Å². The molecule has 4 saturated heterocycles. The van der Waals surface area contributed by atoms with E-state index in [1.807, 2.05) is 47.7 Å². The zero-order chi connectivity index (χ0) is 24.2. The minimum atomic E-state index is -0.503. The van der Waals surface area contributed by atoms with Crippen molar-refractivity contribution in [3.05, 3.63) is 23.7 Å². The highest BCUT2D eigenvalue weighted by molar-refractivity contribution is 7.13. The highest BCUT2D eigenvalue weighted by atomic mass is 32.1. The van der Waals surface area contributed by atoms with Crippen LogP contribution in [0.25, 0.3) is 16.3 Å². The quantitative estimate of drug-likeness (QED) is 0.539. The first-order valence-electron chi connectivity index (χ1n) is 12.2. The van der Waals surface area contributed by atoms with Crippen molar-refractivity contribution in [1.82, 2.24) is 24.5 Å². The van der Waals surface area contributed by atoms with Crippen LogP contribution in [0.15, 0.2) is 23.7 Å². The maximum absolute atomic E-state index is 12.7. The number of hydrogen-bond acceptors (Lipinski definition) is 9. The monoisotopic (exact) mass is 498 g/mol. The van der Waals surface area contributed by atoms with Gasteiger partial charge in [0.25, 0.3) is 0 Å². The van der Waals surface area contributed by atoms with Crippen LogP contribution in [0.4, 0.5) is 10.7 Å². The normalized spacial score (nSPS) is 22.8. The van der Waals surface area contributed by atoms with Crippen LogP contribution < -0.4 is 9.64 Å². The number of pyridine rings is 1. The highest BCUT2D eigenvalue weighted by Gasteiger charge is 2.49. The third-order valence-corrected chi connectivity index (χ3v) is 7.43. The van der Waals surface area contributed by atoms with Crippen LogP contribution in [0, 0.1) is 0 Å². The minimum Gasteiger partial charge on any atom is -0.486 e. The number of anilines is 1. The summed E-state index contributed by atoms with van der Waals surface area (Å²) < 4.78 is 19.3. The average molecular weight is 499 g/mol. The molecule has 1 amide bonds. The molecule has 4 aliphatic heterocycles. The number of hydrogen-bond donors (Lipinski definition) is 0. The zero-order valence-electron chi connectivity index (χ0n) is 20.2. The number of piperidine rings is 1. The van der Waals surface area contributed by atoms with Gasteiger partial charge in [0, 0.05) is 37.5 Å². The van der Waals surface area contributed by atoms with Crippen molar-refractivity contribution < 1.29 is 19.0 Å². The Morgan fingerprint density at radius 2 is 1.94 bits per heavy atom. The van der Waals surface area contributed by atoms with Crippen molar-refractivity contribution in [2.45, 2.75) is 63.8 Å². The van der Waals surface area contributed by atoms with Crippen LogP contribution in [0.3, 0.4) is 0 Å². The average Bonchev–Trinajstić information content (AvgIpc) is 3.50. The Morgan fingerprint density at radius 1 is 1.17 bits per heavy atom. The van der Waals surface area contributed by atoms with Gasteiger partial charge >= 0.3 is 6.09 Å².